The molecule has 0 bridgehead atoms. The third kappa shape index (κ3) is 1.77. The molecule has 0 nitrogen and oxygen atoms in total. The van der Waals surface area contributed by atoms with E-state index in [0.717, 1.165) is 0 Å². The largest absolute Gasteiger partial charge is 0.0661 e. The molecule has 0 unspecified atom stereocenters. The molecule has 0 N–H and O–H groups in total. The summed E-state index contributed by atoms with van der Waals surface area (Å²) in [5.74, 6) is 2.84. The Hall–Kier alpha value is 1.20. The fourth-order valence-electron chi connectivity index (χ4n) is 0.235. The SMILES string of the molecule is C1P=PCP=P1. The second-order valence-corrected chi connectivity index (χ2v) is 7.64. The number of hydrogen-bond acceptors (Lipinski definition) is 0. The van der Waals surface area contributed by atoms with Crippen LogP contribution in [0.1, 0.15) is 0 Å². The molecule has 0 fully saturated rings. The Labute approximate surface area is 43.9 Å². The summed E-state index contributed by atoms with van der Waals surface area (Å²) in [5, 5.41) is 0. The van der Waals surface area contributed by atoms with Crippen LogP contribution in [0, 0.1) is 0 Å². The molecular weight excluding hydrogens is 148 g/mol. The molecule has 1 rings (SSSR count). The van der Waals surface area contributed by atoms with Crippen LogP contribution in [0.3, 0.4) is 0 Å². The average molecular weight is 152 g/mol. The van der Waals surface area contributed by atoms with Gasteiger partial charge in [-0.2, -0.15) is 0 Å². The first kappa shape index (κ1) is 5.34. The van der Waals surface area contributed by atoms with Gasteiger partial charge in [-0.25, -0.2) is 0 Å². The predicted molar refractivity (Wildman–Crippen MR) is 37.4 cm³/mol. The van der Waals surface area contributed by atoms with E-state index in [1.54, 1.807) is 31.5 Å². The Kier molecular flexibility index (Phi) is 2.88. The van der Waals surface area contributed by atoms with Gasteiger partial charge in [0.05, 0.1) is 0 Å². The molecule has 6 heavy (non-hydrogen) atoms. The van der Waals surface area contributed by atoms with E-state index in [1.807, 2.05) is 0 Å². The molecule has 0 spiro atoms. The lowest BCUT2D eigenvalue weighted by Crippen LogP contribution is -1.45. The minimum absolute atomic E-state index is 1.42. The molecule has 0 amide bonds. The van der Waals surface area contributed by atoms with E-state index in [0.29, 0.717) is 0 Å². The highest BCUT2D eigenvalue weighted by Crippen LogP contribution is 2.35. The van der Waals surface area contributed by atoms with Crippen LogP contribution in [0.25, 0.3) is 0 Å². The molecule has 0 aromatic carbocycles. The summed E-state index contributed by atoms with van der Waals surface area (Å²) in [6, 6.07) is 0. The summed E-state index contributed by atoms with van der Waals surface area (Å²) in [7, 11) is 6.60. The van der Waals surface area contributed by atoms with E-state index in [2.05, 4.69) is 0 Å². The summed E-state index contributed by atoms with van der Waals surface area (Å²) < 4.78 is 0. The monoisotopic (exact) mass is 152 g/mol. The maximum absolute atomic E-state index is 1.65. The standard InChI is InChI=1S/C2H4P4/c1-3-5-2-6-4-1/h1-2H2. The van der Waals surface area contributed by atoms with Crippen LogP contribution in [-0.2, 0) is 0 Å². The smallest absolute Gasteiger partial charge is 0.0396 e. The van der Waals surface area contributed by atoms with E-state index in [1.165, 1.54) is 11.8 Å². The van der Waals surface area contributed by atoms with Crippen molar-refractivity contribution in [2.24, 2.45) is 0 Å². The van der Waals surface area contributed by atoms with Crippen LogP contribution in [0.15, 0.2) is 0 Å². The van der Waals surface area contributed by atoms with Gasteiger partial charge < -0.3 is 0 Å². The van der Waals surface area contributed by atoms with E-state index in [9.17, 15) is 0 Å². The second-order valence-electron chi connectivity index (χ2n) is 0.849. The fraction of sp³-hybridized carbons (Fsp3) is 1.00. The van der Waals surface area contributed by atoms with Gasteiger partial charge in [-0.05, 0) is 0 Å². The van der Waals surface area contributed by atoms with Gasteiger partial charge in [0, 0.05) is 11.8 Å². The van der Waals surface area contributed by atoms with Gasteiger partial charge in [0.25, 0.3) is 0 Å². The van der Waals surface area contributed by atoms with Crippen molar-refractivity contribution in [2.45, 2.75) is 0 Å². The zero-order valence-electron chi connectivity index (χ0n) is 3.20. The number of hydrogen-bond donors (Lipinski definition) is 0. The van der Waals surface area contributed by atoms with Crippen LogP contribution < -0.4 is 0 Å². The quantitative estimate of drug-likeness (QED) is 0.465. The predicted octanol–water partition coefficient (Wildman–Crippen LogP) is 3.53. The molecule has 0 radical (unpaired) electrons. The van der Waals surface area contributed by atoms with Crippen molar-refractivity contribution in [2.75, 3.05) is 11.8 Å². The summed E-state index contributed by atoms with van der Waals surface area (Å²) >= 11 is 0. The van der Waals surface area contributed by atoms with Crippen LogP contribution in [0.4, 0.5) is 0 Å². The van der Waals surface area contributed by atoms with Gasteiger partial charge in [0.15, 0.2) is 0 Å². The number of rotatable bonds is 0. The lowest BCUT2D eigenvalue weighted by Gasteiger charge is -1.84. The first-order chi connectivity index (χ1) is 3.00. The topological polar surface area (TPSA) is 0 Å². The van der Waals surface area contributed by atoms with Gasteiger partial charge in [-0.15, -0.1) is 0 Å². The third-order valence-electron chi connectivity index (χ3n) is 0.453. The Morgan fingerprint density at radius 3 is 1.17 bits per heavy atom. The zero-order valence-corrected chi connectivity index (χ0v) is 6.78. The van der Waals surface area contributed by atoms with Crippen molar-refractivity contribution in [3.63, 3.8) is 0 Å². The molecule has 0 saturated heterocycles. The Bertz CT molecular complexity index is 63.5. The molecule has 0 aliphatic carbocycles. The minimum Gasteiger partial charge on any atom is -0.0661 e. The van der Waals surface area contributed by atoms with Gasteiger partial charge in [0.1, 0.15) is 0 Å². The van der Waals surface area contributed by atoms with Crippen LogP contribution >= 0.6 is 31.5 Å². The first-order valence-corrected chi connectivity index (χ1v) is 7.39. The molecule has 0 aromatic rings. The lowest BCUT2D eigenvalue weighted by molar-refractivity contribution is 2.25. The third-order valence-corrected chi connectivity index (χ3v) is 8.63. The molecule has 1 aliphatic rings. The molecule has 0 saturated carbocycles. The van der Waals surface area contributed by atoms with Crippen molar-refractivity contribution in [1.29, 1.82) is 0 Å². The van der Waals surface area contributed by atoms with Crippen molar-refractivity contribution >= 4 is 31.5 Å². The molecule has 32 valence electrons. The van der Waals surface area contributed by atoms with Gasteiger partial charge in [-0.3, -0.25) is 0 Å². The van der Waals surface area contributed by atoms with E-state index in [-0.39, 0.29) is 0 Å². The molecule has 4 heteroatoms. The zero-order chi connectivity index (χ0) is 4.24. The molecule has 0 atom stereocenters. The van der Waals surface area contributed by atoms with E-state index in [4.69, 9.17) is 0 Å². The van der Waals surface area contributed by atoms with Crippen LogP contribution in [0.5, 0.6) is 0 Å². The normalized spacial score (nSPS) is 29.3. The Morgan fingerprint density at radius 2 is 1.00 bits per heavy atom. The maximum atomic E-state index is 1.65. The second kappa shape index (κ2) is 3.23. The van der Waals surface area contributed by atoms with Crippen LogP contribution in [-0.4, -0.2) is 11.8 Å². The minimum atomic E-state index is 1.42. The lowest BCUT2D eigenvalue weighted by atomic mass is 11.9. The molecular formula is C2H4P4. The summed E-state index contributed by atoms with van der Waals surface area (Å²) in [6.07, 6.45) is 0. The van der Waals surface area contributed by atoms with Gasteiger partial charge in [-0.1, -0.05) is 31.5 Å². The summed E-state index contributed by atoms with van der Waals surface area (Å²) in [6.45, 7) is 0. The van der Waals surface area contributed by atoms with Gasteiger partial charge >= 0.3 is 0 Å². The van der Waals surface area contributed by atoms with Crippen molar-refractivity contribution in [3.05, 3.63) is 0 Å². The van der Waals surface area contributed by atoms with Crippen molar-refractivity contribution < 1.29 is 0 Å². The maximum Gasteiger partial charge on any atom is 0.0396 e. The molecule has 0 aromatic heterocycles. The van der Waals surface area contributed by atoms with Crippen molar-refractivity contribution in [3.8, 4) is 0 Å². The summed E-state index contributed by atoms with van der Waals surface area (Å²) in [5.41, 5.74) is 0. The summed E-state index contributed by atoms with van der Waals surface area (Å²) in [4.78, 5) is 0. The van der Waals surface area contributed by atoms with Gasteiger partial charge in [0.2, 0.25) is 0 Å². The van der Waals surface area contributed by atoms with Crippen molar-refractivity contribution in [1.82, 2.24) is 0 Å². The fourth-order valence-corrected chi connectivity index (χ4v) is 9.41. The van der Waals surface area contributed by atoms with E-state index >= 15 is 0 Å². The van der Waals surface area contributed by atoms with Crippen LogP contribution in [0.2, 0.25) is 0 Å². The Balaban J connectivity index is 2.40. The molecule has 1 heterocycles. The highest BCUT2D eigenvalue weighted by molar-refractivity contribution is 8.01. The van der Waals surface area contributed by atoms with E-state index < -0.39 is 0 Å². The average Bonchev–Trinajstić information content (AvgIpc) is 1.72. The highest BCUT2D eigenvalue weighted by atomic mass is 31.8. The Morgan fingerprint density at radius 1 is 0.667 bits per heavy atom. The first-order valence-electron chi connectivity index (χ1n) is 1.66. The highest BCUT2D eigenvalue weighted by Gasteiger charge is 1.79. The molecule has 1 aliphatic heterocycles.